The number of halogens is 1. The van der Waals surface area contributed by atoms with Gasteiger partial charge < -0.3 is 10.1 Å². The van der Waals surface area contributed by atoms with Crippen LogP contribution in [0.5, 0.6) is 5.75 Å². The lowest BCUT2D eigenvalue weighted by molar-refractivity contribution is 0.0977. The summed E-state index contributed by atoms with van der Waals surface area (Å²) in [6.07, 6.45) is 1.61. The van der Waals surface area contributed by atoms with Gasteiger partial charge in [0.05, 0.1) is 0 Å². The van der Waals surface area contributed by atoms with E-state index in [1.807, 2.05) is 30.3 Å². The van der Waals surface area contributed by atoms with E-state index in [-0.39, 0.29) is 11.0 Å². The molecule has 1 aromatic heterocycles. The Bertz CT molecular complexity index is 933. The van der Waals surface area contributed by atoms with Crippen molar-refractivity contribution >= 4 is 40.7 Å². The minimum absolute atomic E-state index is 0.123. The van der Waals surface area contributed by atoms with Gasteiger partial charge in [0.1, 0.15) is 6.61 Å². The number of amides is 1. The van der Waals surface area contributed by atoms with E-state index in [9.17, 15) is 4.79 Å². The topological polar surface area (TPSA) is 63.2 Å². The number of nitrogens with one attached hydrogen (secondary N) is 2. The van der Waals surface area contributed by atoms with E-state index in [4.69, 9.17) is 28.6 Å². The molecule has 0 aliphatic carbocycles. The summed E-state index contributed by atoms with van der Waals surface area (Å²) in [5, 5.41) is 6.18. The van der Waals surface area contributed by atoms with Crippen molar-refractivity contribution in [1.82, 2.24) is 10.3 Å². The Hall–Kier alpha value is -2.96. The summed E-state index contributed by atoms with van der Waals surface area (Å²) >= 11 is 11.0. The highest BCUT2D eigenvalue weighted by Crippen LogP contribution is 2.22. The first-order chi connectivity index (χ1) is 13.1. The lowest BCUT2D eigenvalue weighted by Gasteiger charge is -2.13. The van der Waals surface area contributed by atoms with Crippen LogP contribution in [0.15, 0.2) is 72.9 Å². The third kappa shape index (κ3) is 5.51. The molecule has 136 valence electrons. The molecule has 1 amide bonds. The number of nitrogens with zero attached hydrogens (tertiary/aromatic N) is 1. The van der Waals surface area contributed by atoms with Crippen molar-refractivity contribution in [2.24, 2.45) is 0 Å². The Morgan fingerprint density at radius 2 is 1.78 bits per heavy atom. The van der Waals surface area contributed by atoms with Crippen molar-refractivity contribution in [1.29, 1.82) is 0 Å². The molecule has 0 spiro atoms. The van der Waals surface area contributed by atoms with E-state index in [1.165, 1.54) is 0 Å². The second-order valence-electron chi connectivity index (χ2n) is 5.54. The zero-order valence-electron chi connectivity index (χ0n) is 14.2. The molecule has 5 nitrogen and oxygen atoms in total. The van der Waals surface area contributed by atoms with Gasteiger partial charge in [0.15, 0.2) is 16.7 Å². The molecule has 0 saturated heterocycles. The fraction of sp³-hybridized carbons (Fsp3) is 0.0500. The summed E-state index contributed by atoms with van der Waals surface area (Å²) in [6.45, 7) is 0.394. The van der Waals surface area contributed by atoms with Crippen LogP contribution in [0, 0.1) is 0 Å². The van der Waals surface area contributed by atoms with Crippen LogP contribution in [0.25, 0.3) is 0 Å². The molecule has 7 heteroatoms. The van der Waals surface area contributed by atoms with Crippen molar-refractivity contribution in [2.45, 2.75) is 6.61 Å². The zero-order valence-corrected chi connectivity index (χ0v) is 15.8. The van der Waals surface area contributed by atoms with Crippen molar-refractivity contribution in [2.75, 3.05) is 5.32 Å². The van der Waals surface area contributed by atoms with Gasteiger partial charge in [-0.05, 0) is 54.2 Å². The van der Waals surface area contributed by atoms with E-state index in [0.29, 0.717) is 28.8 Å². The lowest BCUT2D eigenvalue weighted by Crippen LogP contribution is -2.34. The number of rotatable bonds is 5. The van der Waals surface area contributed by atoms with Gasteiger partial charge in [0.25, 0.3) is 5.91 Å². The maximum atomic E-state index is 12.2. The molecule has 2 aromatic carbocycles. The van der Waals surface area contributed by atoms with Crippen LogP contribution in [0.4, 0.5) is 5.82 Å². The zero-order chi connectivity index (χ0) is 19.1. The number of thiocarbonyl (C=S) groups is 1. The van der Waals surface area contributed by atoms with Crippen LogP contribution in [-0.4, -0.2) is 16.0 Å². The van der Waals surface area contributed by atoms with Crippen LogP contribution in [-0.2, 0) is 6.61 Å². The number of pyridine rings is 1. The highest BCUT2D eigenvalue weighted by atomic mass is 35.5. The molecular formula is C20H16ClN3O2S. The Morgan fingerprint density at radius 1 is 1.04 bits per heavy atom. The molecule has 3 rings (SSSR count). The molecule has 0 unspecified atom stereocenters. The van der Waals surface area contributed by atoms with Crippen LogP contribution in [0.1, 0.15) is 15.9 Å². The third-order valence-electron chi connectivity index (χ3n) is 3.57. The highest BCUT2D eigenvalue weighted by Gasteiger charge is 2.11. The Kier molecular flexibility index (Phi) is 6.35. The van der Waals surface area contributed by atoms with Crippen LogP contribution >= 0.6 is 23.8 Å². The first-order valence-electron chi connectivity index (χ1n) is 8.11. The Morgan fingerprint density at radius 3 is 2.52 bits per heavy atom. The standard InChI is InChI=1S/C20H16ClN3O2S/c21-16-10-8-15(9-11-16)19(25)24-20(27)23-18-17(7-4-12-22-18)26-13-14-5-2-1-3-6-14/h1-12H,13H2,(H2,22,23,24,25,27). The van der Waals surface area contributed by atoms with Crippen LogP contribution in [0.3, 0.4) is 0 Å². The Labute approximate surface area is 167 Å². The molecule has 2 N–H and O–H groups in total. The summed E-state index contributed by atoms with van der Waals surface area (Å²) in [5.41, 5.74) is 1.48. The number of aromatic nitrogens is 1. The van der Waals surface area contributed by atoms with Crippen molar-refractivity contribution in [3.63, 3.8) is 0 Å². The predicted octanol–water partition coefficient (Wildman–Crippen LogP) is 4.44. The van der Waals surface area contributed by atoms with Gasteiger partial charge in [-0.3, -0.25) is 10.1 Å². The number of carbonyl (C=O) groups is 1. The predicted molar refractivity (Wildman–Crippen MR) is 110 cm³/mol. The number of ether oxygens (including phenoxy) is 1. The summed E-state index contributed by atoms with van der Waals surface area (Å²) in [5.74, 6) is 0.617. The average molecular weight is 398 g/mol. The molecule has 0 radical (unpaired) electrons. The SMILES string of the molecule is O=C(NC(=S)Nc1ncccc1OCc1ccccc1)c1ccc(Cl)cc1. The monoisotopic (exact) mass is 397 g/mol. The van der Waals surface area contributed by atoms with E-state index < -0.39 is 0 Å². The van der Waals surface area contributed by atoms with E-state index >= 15 is 0 Å². The van der Waals surface area contributed by atoms with Gasteiger partial charge in [0, 0.05) is 16.8 Å². The Balaban J connectivity index is 1.62. The molecule has 0 aliphatic rings. The lowest BCUT2D eigenvalue weighted by atomic mass is 10.2. The molecule has 0 atom stereocenters. The normalized spacial score (nSPS) is 10.1. The quantitative estimate of drug-likeness (QED) is 0.623. The second kappa shape index (κ2) is 9.12. The fourth-order valence-electron chi connectivity index (χ4n) is 2.25. The average Bonchev–Trinajstić information content (AvgIpc) is 2.68. The van der Waals surface area contributed by atoms with Crippen molar-refractivity contribution < 1.29 is 9.53 Å². The number of benzene rings is 2. The number of hydrogen-bond donors (Lipinski definition) is 2. The minimum atomic E-state index is -0.341. The maximum absolute atomic E-state index is 12.2. The van der Waals surface area contributed by atoms with Gasteiger partial charge in [-0.1, -0.05) is 41.9 Å². The van der Waals surface area contributed by atoms with E-state index in [2.05, 4.69) is 15.6 Å². The van der Waals surface area contributed by atoms with E-state index in [1.54, 1.807) is 42.6 Å². The largest absolute Gasteiger partial charge is 0.485 e. The third-order valence-corrected chi connectivity index (χ3v) is 4.03. The molecule has 0 saturated carbocycles. The minimum Gasteiger partial charge on any atom is -0.485 e. The number of hydrogen-bond acceptors (Lipinski definition) is 4. The second-order valence-corrected chi connectivity index (χ2v) is 6.38. The molecule has 3 aromatic rings. The smallest absolute Gasteiger partial charge is 0.257 e. The first kappa shape index (κ1) is 18.8. The summed E-state index contributed by atoms with van der Waals surface area (Å²) < 4.78 is 5.81. The van der Waals surface area contributed by atoms with Gasteiger partial charge >= 0.3 is 0 Å². The number of carbonyl (C=O) groups excluding carboxylic acids is 1. The summed E-state index contributed by atoms with van der Waals surface area (Å²) in [7, 11) is 0. The van der Waals surface area contributed by atoms with Gasteiger partial charge in [0.2, 0.25) is 0 Å². The van der Waals surface area contributed by atoms with Crippen molar-refractivity contribution in [3.05, 3.63) is 89.1 Å². The molecule has 0 bridgehead atoms. The number of anilines is 1. The fourth-order valence-corrected chi connectivity index (χ4v) is 2.57. The van der Waals surface area contributed by atoms with Crippen molar-refractivity contribution in [3.8, 4) is 5.75 Å². The van der Waals surface area contributed by atoms with Crippen LogP contribution < -0.4 is 15.4 Å². The van der Waals surface area contributed by atoms with Gasteiger partial charge in [-0.2, -0.15) is 0 Å². The molecule has 0 fully saturated rings. The summed E-state index contributed by atoms with van der Waals surface area (Å²) in [4.78, 5) is 16.4. The summed E-state index contributed by atoms with van der Waals surface area (Å²) in [6, 6.07) is 19.9. The van der Waals surface area contributed by atoms with E-state index in [0.717, 1.165) is 5.56 Å². The molecule has 0 aliphatic heterocycles. The molecule has 1 heterocycles. The molecule has 27 heavy (non-hydrogen) atoms. The molecular weight excluding hydrogens is 382 g/mol. The maximum Gasteiger partial charge on any atom is 0.257 e. The van der Waals surface area contributed by atoms with Gasteiger partial charge in [-0.15, -0.1) is 0 Å². The van der Waals surface area contributed by atoms with Gasteiger partial charge in [-0.25, -0.2) is 4.98 Å². The highest BCUT2D eigenvalue weighted by molar-refractivity contribution is 7.80. The van der Waals surface area contributed by atoms with Crippen LogP contribution in [0.2, 0.25) is 5.02 Å². The first-order valence-corrected chi connectivity index (χ1v) is 8.90.